The number of methoxy groups -OCH3 is 1. The van der Waals surface area contributed by atoms with Crippen LogP contribution >= 0.6 is 31.9 Å². The van der Waals surface area contributed by atoms with Gasteiger partial charge in [0, 0.05) is 85.6 Å². The molecule has 2 aliphatic carbocycles. The van der Waals surface area contributed by atoms with Crippen molar-refractivity contribution in [2.24, 2.45) is 23.7 Å². The van der Waals surface area contributed by atoms with Crippen LogP contribution in [0, 0.1) is 30.6 Å². The second kappa shape index (κ2) is 25.3. The summed E-state index contributed by atoms with van der Waals surface area (Å²) in [5.41, 5.74) is 5.97. The number of carbonyl (C=O) groups excluding carboxylic acids is 6. The molecule has 0 amide bonds. The number of aliphatic hydroxyl groups excluding tert-OH is 2. The van der Waals surface area contributed by atoms with Crippen molar-refractivity contribution in [1.82, 2.24) is 0 Å². The molecular formula is C62H66Br2O23. The normalized spacial score (nSPS) is 30.4. The number of phenols is 2. The molecule has 4 aromatic carbocycles. The third-order valence-electron chi connectivity index (χ3n) is 17.7. The molecule has 87 heavy (non-hydrogen) atoms. The molecule has 23 nitrogen and oxygen atoms in total. The molecule has 0 spiro atoms. The Bertz CT molecular complexity index is 3340. The van der Waals surface area contributed by atoms with Crippen LogP contribution in [0.3, 0.4) is 0 Å². The van der Waals surface area contributed by atoms with Gasteiger partial charge < -0.3 is 82.0 Å². The number of ether oxygens (including phenoxy) is 13. The molecule has 4 N–H and O–H groups in total. The van der Waals surface area contributed by atoms with Crippen LogP contribution in [-0.4, -0.2) is 150 Å². The van der Waals surface area contributed by atoms with E-state index in [9.17, 15) is 49.2 Å². The highest BCUT2D eigenvalue weighted by Crippen LogP contribution is 2.60. The monoisotopic (exact) mass is 1340 g/mol. The summed E-state index contributed by atoms with van der Waals surface area (Å²) in [7, 11) is 1.42. The molecule has 0 aromatic heterocycles. The third-order valence-corrected chi connectivity index (χ3v) is 19.5. The van der Waals surface area contributed by atoms with E-state index in [1.165, 1.54) is 34.8 Å². The predicted molar refractivity (Wildman–Crippen MR) is 306 cm³/mol. The number of aromatic hydroxyl groups is 2. The van der Waals surface area contributed by atoms with Gasteiger partial charge in [0.2, 0.25) is 13.6 Å². The van der Waals surface area contributed by atoms with Crippen LogP contribution in [0.4, 0.5) is 0 Å². The van der Waals surface area contributed by atoms with Gasteiger partial charge in [-0.3, -0.25) is 28.8 Å². The Labute approximate surface area is 516 Å². The lowest BCUT2D eigenvalue weighted by molar-refractivity contribution is -0.184. The molecule has 16 unspecified atom stereocenters. The third kappa shape index (κ3) is 11.9. The summed E-state index contributed by atoms with van der Waals surface area (Å²) < 4.78 is 74.8. The lowest BCUT2D eigenvalue weighted by Gasteiger charge is -2.47. The summed E-state index contributed by atoms with van der Waals surface area (Å²) in [6.45, 7) is 6.33. The highest BCUT2D eigenvalue weighted by molar-refractivity contribution is 9.09. The van der Waals surface area contributed by atoms with Crippen molar-refractivity contribution < 1.29 is 111 Å². The van der Waals surface area contributed by atoms with Crippen LogP contribution < -0.4 is 23.7 Å². The largest absolute Gasteiger partial charge is 0.507 e. The second-order valence-electron chi connectivity index (χ2n) is 22.9. The van der Waals surface area contributed by atoms with E-state index >= 15 is 0 Å². The van der Waals surface area contributed by atoms with Gasteiger partial charge in [-0.1, -0.05) is 37.9 Å². The highest BCUT2D eigenvalue weighted by Gasteiger charge is 2.59. The Morgan fingerprint density at radius 2 is 1.06 bits per heavy atom. The van der Waals surface area contributed by atoms with E-state index in [1.54, 1.807) is 25.1 Å². The van der Waals surface area contributed by atoms with Gasteiger partial charge in [-0.2, -0.15) is 0 Å². The molecule has 0 saturated carbocycles. The molecule has 12 rings (SSSR count). The molecule has 0 radical (unpaired) electrons. The van der Waals surface area contributed by atoms with E-state index in [-0.39, 0.29) is 115 Å². The topological polar surface area (TPSA) is 303 Å². The van der Waals surface area contributed by atoms with Gasteiger partial charge in [-0.05, 0) is 94.8 Å². The number of halogens is 2. The van der Waals surface area contributed by atoms with E-state index in [0.717, 1.165) is 27.8 Å². The van der Waals surface area contributed by atoms with E-state index in [1.807, 2.05) is 30.3 Å². The molecule has 4 fully saturated rings. The van der Waals surface area contributed by atoms with Crippen LogP contribution in [0.25, 0.3) is 0 Å². The fraction of sp³-hybridized carbons (Fsp3) is 0.516. The number of carbonyl (C=O) groups is 6. The first-order valence-corrected chi connectivity index (χ1v) is 30.4. The first-order chi connectivity index (χ1) is 41.7. The molecule has 6 aliphatic heterocycles. The van der Waals surface area contributed by atoms with Crippen LogP contribution in [-0.2, 0) is 79.9 Å². The Hall–Kier alpha value is -6.90. The zero-order chi connectivity index (χ0) is 61.9. The van der Waals surface area contributed by atoms with Gasteiger partial charge in [-0.25, -0.2) is 0 Å². The van der Waals surface area contributed by atoms with Crippen molar-refractivity contribution in [1.29, 1.82) is 0 Å². The fourth-order valence-electron chi connectivity index (χ4n) is 14.2. The number of fused-ring (bicyclic) bond motifs is 6. The first-order valence-electron chi connectivity index (χ1n) is 28.5. The Morgan fingerprint density at radius 3 is 1.57 bits per heavy atom. The summed E-state index contributed by atoms with van der Waals surface area (Å²) >= 11 is 7.49. The lowest BCUT2D eigenvalue weighted by Crippen LogP contribution is -2.53. The minimum Gasteiger partial charge on any atom is -0.507 e. The minimum absolute atomic E-state index is 0.00952. The molecule has 25 heteroatoms. The van der Waals surface area contributed by atoms with Gasteiger partial charge >= 0.3 is 35.8 Å². The van der Waals surface area contributed by atoms with Gasteiger partial charge in [0.25, 0.3) is 0 Å². The smallest absolute Gasteiger partial charge is 0.310 e. The quantitative estimate of drug-likeness (QED) is 0.0638. The van der Waals surface area contributed by atoms with Crippen molar-refractivity contribution in [2.75, 3.05) is 47.1 Å². The molecule has 466 valence electrons. The second-order valence-corrected chi connectivity index (χ2v) is 25.2. The average Bonchev–Trinajstić information content (AvgIpc) is 1.76. The van der Waals surface area contributed by atoms with E-state index in [2.05, 4.69) is 31.9 Å². The molecule has 4 saturated heterocycles. The SMILES string of the molecule is CC(=O)OCC1OC(C2c3cc4c(cc3C(c3cc(C)c(O)c(CO)c3)C3C(=O)OCC32)OCO4)C(Br)CC1OC(C)=O.COc1cc(C2c3cc4c(cc3C(C3CC(Br)C(OC(C)=O)C(COC(C)=O)O3)C3COC(=O)C23)OCO4)cc(CO)c1O. The Kier molecular flexibility index (Phi) is 18.0. The molecular weight excluding hydrogens is 1270 g/mol. The van der Waals surface area contributed by atoms with Crippen LogP contribution in [0.1, 0.15) is 114 Å². The molecule has 0 bridgehead atoms. The van der Waals surface area contributed by atoms with Crippen molar-refractivity contribution in [2.45, 2.75) is 131 Å². The standard InChI is InChI=1S/C31H33BrO12.C31H33BrO11/c1-13(34)39-11-25-30(43-14(2)35)20(32)8-23(44-25)27-18-7-22-21(41-12-42-22)6-17(18)26(28-19(27)10-40-31(28)37)15-4-16(9-33)29(36)24(5-15)38-3;1-13-4-16(5-17(9-33)29(13)36)26-18-6-22-23(41-12-40-22)7-19(18)27(20-10-39-31(37)28(20)26)30-21(32)8-24(42-15(3)35)25(43-30)11-38-14(2)34/h4-7,19-20,23,25-28,30,33,36H,8-12H2,1-3H3;4-7,20-21,24-28,30,33,36H,8-12H2,1-3H3. The summed E-state index contributed by atoms with van der Waals surface area (Å²) in [5, 5.41) is 41.1. The zero-order valence-electron chi connectivity index (χ0n) is 48.2. The van der Waals surface area contributed by atoms with Gasteiger partial charge in [0.1, 0.15) is 43.4 Å². The van der Waals surface area contributed by atoms with Crippen molar-refractivity contribution in [3.63, 3.8) is 0 Å². The first kappa shape index (κ1) is 61.7. The van der Waals surface area contributed by atoms with Crippen molar-refractivity contribution >= 4 is 67.7 Å². The zero-order valence-corrected chi connectivity index (χ0v) is 51.4. The number of hydrogen-bond acceptors (Lipinski definition) is 23. The lowest BCUT2D eigenvalue weighted by atomic mass is 9.60. The van der Waals surface area contributed by atoms with Crippen LogP contribution in [0.2, 0.25) is 0 Å². The van der Waals surface area contributed by atoms with E-state index in [0.29, 0.717) is 52.5 Å². The summed E-state index contributed by atoms with van der Waals surface area (Å²) in [6, 6.07) is 14.5. The molecule has 4 aromatic rings. The van der Waals surface area contributed by atoms with Crippen molar-refractivity contribution in [3.05, 3.63) is 98.6 Å². The van der Waals surface area contributed by atoms with Crippen LogP contribution in [0.5, 0.6) is 40.2 Å². The molecule has 8 aliphatic rings. The Morgan fingerprint density at radius 1 is 0.563 bits per heavy atom. The molecule has 16 atom stereocenters. The predicted octanol–water partition coefficient (Wildman–Crippen LogP) is 6.41. The number of cyclic esters (lactones) is 2. The fourth-order valence-corrected chi connectivity index (χ4v) is 15.8. The number of rotatable bonds is 13. The summed E-state index contributed by atoms with van der Waals surface area (Å²) in [6.07, 6.45) is -3.10. The number of hydrogen-bond donors (Lipinski definition) is 4. The summed E-state index contributed by atoms with van der Waals surface area (Å²) in [5.74, 6) is -4.14. The summed E-state index contributed by atoms with van der Waals surface area (Å²) in [4.78, 5) is 73.6. The maximum atomic E-state index is 13.5. The molecule has 6 heterocycles. The highest BCUT2D eigenvalue weighted by atomic mass is 79.9. The van der Waals surface area contributed by atoms with Gasteiger partial charge in [-0.15, -0.1) is 0 Å². The van der Waals surface area contributed by atoms with E-state index < -0.39 is 90.8 Å². The number of aryl methyl sites for hydroxylation is 1. The van der Waals surface area contributed by atoms with E-state index in [4.69, 9.17) is 61.6 Å². The Balaban J connectivity index is 0.000000180. The minimum atomic E-state index is -0.772. The maximum absolute atomic E-state index is 13.5. The number of aliphatic hydroxyl groups is 2. The van der Waals surface area contributed by atoms with Gasteiger partial charge in [0.05, 0.1) is 62.4 Å². The van der Waals surface area contributed by atoms with Crippen molar-refractivity contribution in [3.8, 4) is 40.2 Å². The number of alkyl halides is 2. The average molecular weight is 1340 g/mol. The van der Waals surface area contributed by atoms with Crippen LogP contribution in [0.15, 0.2) is 48.5 Å². The number of benzene rings is 4. The van der Waals surface area contributed by atoms with Gasteiger partial charge in [0.15, 0.2) is 34.5 Å². The maximum Gasteiger partial charge on any atom is 0.310 e. The number of esters is 6.